The van der Waals surface area contributed by atoms with Crippen molar-refractivity contribution in [1.82, 2.24) is 5.32 Å². The number of rotatable bonds is 7. The molecule has 0 aromatic heterocycles. The summed E-state index contributed by atoms with van der Waals surface area (Å²) in [5.74, 6) is -1.05. The van der Waals surface area contributed by atoms with Crippen molar-refractivity contribution >= 4 is 17.5 Å². The maximum absolute atomic E-state index is 12.2. The molecule has 0 heterocycles. The van der Waals surface area contributed by atoms with E-state index in [1.807, 2.05) is 31.2 Å². The van der Waals surface area contributed by atoms with Crippen LogP contribution in [0.5, 0.6) is 0 Å². The second-order valence-corrected chi connectivity index (χ2v) is 5.82. The molecule has 0 aliphatic rings. The highest BCUT2D eigenvalue weighted by atomic mass is 16.6. The number of nitrogens with one attached hydrogen (secondary N) is 1. The first-order valence-electron chi connectivity index (χ1n) is 7.72. The summed E-state index contributed by atoms with van der Waals surface area (Å²) in [4.78, 5) is 34.1. The van der Waals surface area contributed by atoms with Crippen LogP contribution in [0.25, 0.3) is 0 Å². The van der Waals surface area contributed by atoms with Gasteiger partial charge >= 0.3 is 0 Å². The van der Waals surface area contributed by atoms with E-state index >= 15 is 0 Å². The molecule has 0 saturated carbocycles. The Labute approximate surface area is 145 Å². The van der Waals surface area contributed by atoms with Crippen molar-refractivity contribution in [2.45, 2.75) is 25.8 Å². The number of non-ortho nitro benzene ring substituents is 1. The van der Waals surface area contributed by atoms with Crippen LogP contribution < -0.4 is 11.1 Å². The predicted molar refractivity (Wildman–Crippen MR) is 92.8 cm³/mol. The Bertz CT molecular complexity index is 804. The van der Waals surface area contributed by atoms with Gasteiger partial charge in [-0.3, -0.25) is 19.7 Å². The molecule has 2 amide bonds. The van der Waals surface area contributed by atoms with Gasteiger partial charge < -0.3 is 11.1 Å². The van der Waals surface area contributed by atoms with E-state index < -0.39 is 22.8 Å². The molecule has 25 heavy (non-hydrogen) atoms. The number of carbonyl (C=O) groups excluding carboxylic acids is 2. The van der Waals surface area contributed by atoms with Gasteiger partial charge in [-0.1, -0.05) is 42.0 Å². The third kappa shape index (κ3) is 5.42. The maximum Gasteiger partial charge on any atom is 0.269 e. The first-order chi connectivity index (χ1) is 11.8. The van der Waals surface area contributed by atoms with E-state index in [4.69, 9.17) is 5.73 Å². The molecule has 2 aromatic rings. The zero-order chi connectivity index (χ0) is 18.4. The summed E-state index contributed by atoms with van der Waals surface area (Å²) in [6.07, 6.45) is 0.219. The standard InChI is InChI=1S/C18H19N3O4/c1-12-4-2-5-13(8-12)10-16(18(19)23)20-17(22)11-14-6-3-7-15(9-14)21(24)25/h2-9,16H,10-11H2,1H3,(H2,19,23)(H,20,22)/t16-/m1/s1. The maximum atomic E-state index is 12.2. The van der Waals surface area contributed by atoms with Gasteiger partial charge in [0, 0.05) is 18.6 Å². The lowest BCUT2D eigenvalue weighted by molar-refractivity contribution is -0.384. The second-order valence-electron chi connectivity index (χ2n) is 5.82. The van der Waals surface area contributed by atoms with Crippen LogP contribution in [0.3, 0.4) is 0 Å². The molecule has 7 heteroatoms. The van der Waals surface area contributed by atoms with E-state index in [0.717, 1.165) is 11.1 Å². The lowest BCUT2D eigenvalue weighted by Crippen LogP contribution is -2.46. The highest BCUT2D eigenvalue weighted by Crippen LogP contribution is 2.13. The van der Waals surface area contributed by atoms with Gasteiger partial charge in [0.25, 0.3) is 5.69 Å². The monoisotopic (exact) mass is 341 g/mol. The molecule has 0 spiro atoms. The Hall–Kier alpha value is -3.22. The van der Waals surface area contributed by atoms with Crippen LogP contribution in [0.1, 0.15) is 16.7 Å². The lowest BCUT2D eigenvalue weighted by Gasteiger charge is -2.16. The normalized spacial score (nSPS) is 11.6. The topological polar surface area (TPSA) is 115 Å². The van der Waals surface area contributed by atoms with Gasteiger partial charge in [-0.15, -0.1) is 0 Å². The summed E-state index contributed by atoms with van der Waals surface area (Å²) in [5, 5.41) is 13.4. The molecule has 0 radical (unpaired) electrons. The molecule has 2 rings (SSSR count). The SMILES string of the molecule is Cc1cccc(C[C@@H](NC(=O)Cc2cccc([N+](=O)[O-])c2)C(N)=O)c1. The molecule has 0 aliphatic heterocycles. The average molecular weight is 341 g/mol. The van der Waals surface area contributed by atoms with Gasteiger partial charge in [0.1, 0.15) is 6.04 Å². The molecule has 7 nitrogen and oxygen atoms in total. The van der Waals surface area contributed by atoms with Crippen molar-refractivity contribution in [1.29, 1.82) is 0 Å². The molecule has 1 atom stereocenters. The van der Waals surface area contributed by atoms with Crippen molar-refractivity contribution in [3.63, 3.8) is 0 Å². The Morgan fingerprint density at radius 3 is 2.48 bits per heavy atom. The molecule has 3 N–H and O–H groups in total. The number of nitro groups is 1. The molecular formula is C18H19N3O4. The Morgan fingerprint density at radius 1 is 1.16 bits per heavy atom. The number of amides is 2. The smallest absolute Gasteiger partial charge is 0.269 e. The fourth-order valence-electron chi connectivity index (χ4n) is 2.51. The van der Waals surface area contributed by atoms with Gasteiger partial charge in [0.05, 0.1) is 11.3 Å². The van der Waals surface area contributed by atoms with E-state index in [1.54, 1.807) is 6.07 Å². The Morgan fingerprint density at radius 2 is 1.84 bits per heavy atom. The lowest BCUT2D eigenvalue weighted by atomic mass is 10.0. The van der Waals surface area contributed by atoms with Crippen LogP contribution in [0.2, 0.25) is 0 Å². The summed E-state index contributed by atoms with van der Waals surface area (Å²) in [6, 6.07) is 12.6. The van der Waals surface area contributed by atoms with Crippen LogP contribution in [-0.2, 0) is 22.4 Å². The molecule has 0 unspecified atom stereocenters. The number of carbonyl (C=O) groups is 2. The Balaban J connectivity index is 2.04. The Kier molecular flexibility index (Phi) is 5.84. The number of nitrogens with two attached hydrogens (primary N) is 1. The number of nitro benzene ring substituents is 1. The molecule has 0 fully saturated rings. The van der Waals surface area contributed by atoms with Gasteiger partial charge in [-0.2, -0.15) is 0 Å². The van der Waals surface area contributed by atoms with Crippen molar-refractivity contribution < 1.29 is 14.5 Å². The average Bonchev–Trinajstić information content (AvgIpc) is 2.54. The van der Waals surface area contributed by atoms with Crippen molar-refractivity contribution in [3.05, 3.63) is 75.3 Å². The third-order valence-corrected chi connectivity index (χ3v) is 3.69. The zero-order valence-electron chi connectivity index (χ0n) is 13.8. The number of primary amides is 1. The number of hydrogen-bond acceptors (Lipinski definition) is 4. The largest absolute Gasteiger partial charge is 0.368 e. The minimum absolute atomic E-state index is 0.0702. The fourth-order valence-corrected chi connectivity index (χ4v) is 2.51. The highest BCUT2D eigenvalue weighted by molar-refractivity contribution is 5.87. The first kappa shape index (κ1) is 18.1. The predicted octanol–water partition coefficient (Wildman–Crippen LogP) is 1.66. The zero-order valence-corrected chi connectivity index (χ0v) is 13.8. The van der Waals surface area contributed by atoms with Gasteiger partial charge in [-0.05, 0) is 18.1 Å². The molecule has 0 saturated heterocycles. The van der Waals surface area contributed by atoms with E-state index in [0.29, 0.717) is 5.56 Å². The van der Waals surface area contributed by atoms with E-state index in [1.165, 1.54) is 18.2 Å². The molecular weight excluding hydrogens is 322 g/mol. The number of benzene rings is 2. The summed E-state index contributed by atoms with van der Waals surface area (Å²) in [6.45, 7) is 1.93. The summed E-state index contributed by atoms with van der Waals surface area (Å²) < 4.78 is 0. The minimum Gasteiger partial charge on any atom is -0.368 e. The minimum atomic E-state index is -0.840. The molecule has 130 valence electrons. The highest BCUT2D eigenvalue weighted by Gasteiger charge is 2.19. The second kappa shape index (κ2) is 8.05. The van der Waals surface area contributed by atoms with Crippen LogP contribution in [0, 0.1) is 17.0 Å². The summed E-state index contributed by atoms with van der Waals surface area (Å²) in [5.41, 5.74) is 7.72. The van der Waals surface area contributed by atoms with E-state index in [9.17, 15) is 19.7 Å². The van der Waals surface area contributed by atoms with Gasteiger partial charge in [-0.25, -0.2) is 0 Å². The van der Waals surface area contributed by atoms with Gasteiger partial charge in [0.15, 0.2) is 0 Å². The number of nitrogens with zero attached hydrogens (tertiary/aromatic N) is 1. The summed E-state index contributed by atoms with van der Waals surface area (Å²) >= 11 is 0. The van der Waals surface area contributed by atoms with Gasteiger partial charge in [0.2, 0.25) is 11.8 Å². The van der Waals surface area contributed by atoms with Crippen molar-refractivity contribution in [3.8, 4) is 0 Å². The molecule has 0 aliphatic carbocycles. The molecule has 0 bridgehead atoms. The van der Waals surface area contributed by atoms with Crippen LogP contribution in [0.15, 0.2) is 48.5 Å². The van der Waals surface area contributed by atoms with Crippen LogP contribution in [0.4, 0.5) is 5.69 Å². The quantitative estimate of drug-likeness (QED) is 0.588. The van der Waals surface area contributed by atoms with E-state index in [-0.39, 0.29) is 18.5 Å². The summed E-state index contributed by atoms with van der Waals surface area (Å²) in [7, 11) is 0. The van der Waals surface area contributed by atoms with Crippen molar-refractivity contribution in [2.75, 3.05) is 0 Å². The van der Waals surface area contributed by atoms with Crippen LogP contribution >= 0.6 is 0 Å². The van der Waals surface area contributed by atoms with E-state index in [2.05, 4.69) is 5.32 Å². The fraction of sp³-hybridized carbons (Fsp3) is 0.222. The number of hydrogen-bond donors (Lipinski definition) is 2. The van der Waals surface area contributed by atoms with Crippen LogP contribution in [-0.4, -0.2) is 22.8 Å². The van der Waals surface area contributed by atoms with Crippen molar-refractivity contribution in [2.24, 2.45) is 5.73 Å². The molecule has 2 aromatic carbocycles. The number of aryl methyl sites for hydroxylation is 1. The third-order valence-electron chi connectivity index (χ3n) is 3.69. The first-order valence-corrected chi connectivity index (χ1v) is 7.72.